The molecule has 0 spiro atoms. The second-order valence-corrected chi connectivity index (χ2v) is 7.31. The lowest BCUT2D eigenvalue weighted by Crippen LogP contribution is -2.49. The van der Waals surface area contributed by atoms with Gasteiger partial charge >= 0.3 is 0 Å². The number of likely N-dealkylation sites (tertiary alicyclic amines) is 1. The molecule has 1 aromatic rings. The number of nitrogens with zero attached hydrogens (tertiary/aromatic N) is 1. The summed E-state index contributed by atoms with van der Waals surface area (Å²) in [6.07, 6.45) is 1.02. The topological polar surface area (TPSA) is 32.3 Å². The van der Waals surface area contributed by atoms with Crippen LogP contribution in [-0.4, -0.2) is 37.0 Å². The first-order valence-corrected chi connectivity index (χ1v) is 8.29. The molecule has 2 unspecified atom stereocenters. The van der Waals surface area contributed by atoms with Crippen LogP contribution in [0.25, 0.3) is 0 Å². The lowest BCUT2D eigenvalue weighted by Gasteiger charge is -2.35. The maximum Gasteiger partial charge on any atom is 0.252 e. The fourth-order valence-electron chi connectivity index (χ4n) is 2.49. The smallest absolute Gasteiger partial charge is 0.252 e. The molecule has 3 nitrogen and oxygen atoms in total. The molecule has 1 aliphatic rings. The molecule has 1 heterocycles. The van der Waals surface area contributed by atoms with E-state index in [9.17, 15) is 4.79 Å². The Labute approximate surface area is 136 Å². The summed E-state index contributed by atoms with van der Waals surface area (Å²) >= 11 is 5.62. The third kappa shape index (κ3) is 3.92. The number of carbonyl (C=O) groups is 1. The average molecular weight is 437 g/mol. The fraction of sp³-hybridized carbons (Fsp3) is 0.500. The Bertz CT molecular complexity index is 481. The van der Waals surface area contributed by atoms with Crippen LogP contribution in [0.2, 0.25) is 0 Å². The molecule has 1 saturated heterocycles. The highest BCUT2D eigenvalue weighted by Gasteiger charge is 2.26. The quantitative estimate of drug-likeness (QED) is 0.722. The van der Waals surface area contributed by atoms with Crippen molar-refractivity contribution in [3.63, 3.8) is 0 Å². The molecule has 1 aromatic carbocycles. The maximum atomic E-state index is 12.4. The van der Waals surface area contributed by atoms with Crippen molar-refractivity contribution in [2.24, 2.45) is 5.92 Å². The van der Waals surface area contributed by atoms with Gasteiger partial charge < -0.3 is 10.2 Å². The third-order valence-electron chi connectivity index (χ3n) is 3.60. The van der Waals surface area contributed by atoms with Crippen LogP contribution < -0.4 is 5.32 Å². The fourth-order valence-corrected chi connectivity index (χ4v) is 3.43. The van der Waals surface area contributed by atoms with Gasteiger partial charge in [-0.15, -0.1) is 0 Å². The lowest BCUT2D eigenvalue weighted by atomic mass is 9.94. The highest BCUT2D eigenvalue weighted by molar-refractivity contribution is 14.1. The van der Waals surface area contributed by atoms with Gasteiger partial charge in [0, 0.05) is 20.6 Å². The predicted octanol–water partition coefficient (Wildman–Crippen LogP) is 3.12. The summed E-state index contributed by atoms with van der Waals surface area (Å²) in [6.45, 7) is 4.29. The van der Waals surface area contributed by atoms with Gasteiger partial charge in [0.25, 0.3) is 5.91 Å². The van der Waals surface area contributed by atoms with E-state index in [1.165, 1.54) is 0 Å². The first kappa shape index (κ1) is 15.3. The monoisotopic (exact) mass is 436 g/mol. The third-order valence-corrected chi connectivity index (χ3v) is 5.03. The van der Waals surface area contributed by atoms with Crippen molar-refractivity contribution in [1.82, 2.24) is 10.2 Å². The summed E-state index contributed by atoms with van der Waals surface area (Å²) in [5.74, 6) is 0.527. The van der Waals surface area contributed by atoms with Gasteiger partial charge in [-0.25, -0.2) is 0 Å². The van der Waals surface area contributed by atoms with Crippen LogP contribution in [0.3, 0.4) is 0 Å². The van der Waals surface area contributed by atoms with E-state index in [1.54, 1.807) is 0 Å². The standard InChI is InChI=1S/C14H18BrIN2O/c1-9-8-18(2)6-5-13(9)17-14(19)11-7-10(15)3-4-12(11)16/h3-4,7,9,13H,5-6,8H2,1-2H3,(H,17,19). The summed E-state index contributed by atoms with van der Waals surface area (Å²) in [4.78, 5) is 14.7. The molecule has 1 aliphatic heterocycles. The number of piperidine rings is 1. The van der Waals surface area contributed by atoms with Gasteiger partial charge in [-0.05, 0) is 66.7 Å². The molecule has 1 amide bonds. The van der Waals surface area contributed by atoms with Crippen LogP contribution >= 0.6 is 38.5 Å². The second-order valence-electron chi connectivity index (χ2n) is 5.23. The number of amides is 1. The number of halogens is 2. The summed E-state index contributed by atoms with van der Waals surface area (Å²) in [6, 6.07) is 6.07. The molecule has 5 heteroatoms. The molecule has 104 valence electrons. The highest BCUT2D eigenvalue weighted by Crippen LogP contribution is 2.20. The summed E-state index contributed by atoms with van der Waals surface area (Å²) in [5, 5.41) is 3.18. The van der Waals surface area contributed by atoms with Crippen LogP contribution in [0.4, 0.5) is 0 Å². The van der Waals surface area contributed by atoms with E-state index in [4.69, 9.17) is 0 Å². The minimum absolute atomic E-state index is 0.0344. The Morgan fingerprint density at radius 1 is 1.53 bits per heavy atom. The van der Waals surface area contributed by atoms with Crippen LogP contribution in [0.1, 0.15) is 23.7 Å². The zero-order chi connectivity index (χ0) is 14.0. The molecule has 1 N–H and O–H groups in total. The van der Waals surface area contributed by atoms with E-state index in [2.05, 4.69) is 62.7 Å². The van der Waals surface area contributed by atoms with Crippen molar-refractivity contribution in [3.05, 3.63) is 31.8 Å². The number of rotatable bonds is 2. The van der Waals surface area contributed by atoms with Gasteiger partial charge in [0.15, 0.2) is 0 Å². The number of hydrogen-bond donors (Lipinski definition) is 1. The SMILES string of the molecule is CC1CN(C)CCC1NC(=O)c1cc(Br)ccc1I. The van der Waals surface area contributed by atoms with Crippen molar-refractivity contribution in [3.8, 4) is 0 Å². The Morgan fingerprint density at radius 2 is 2.26 bits per heavy atom. The maximum absolute atomic E-state index is 12.4. The van der Waals surface area contributed by atoms with Crippen molar-refractivity contribution in [2.45, 2.75) is 19.4 Å². The number of hydrogen-bond acceptors (Lipinski definition) is 2. The van der Waals surface area contributed by atoms with E-state index in [0.29, 0.717) is 5.92 Å². The molecule has 0 saturated carbocycles. The lowest BCUT2D eigenvalue weighted by molar-refractivity contribution is 0.0883. The summed E-state index contributed by atoms with van der Waals surface area (Å²) in [5.41, 5.74) is 0.751. The van der Waals surface area contributed by atoms with Crippen LogP contribution in [0, 0.1) is 9.49 Å². The van der Waals surface area contributed by atoms with Gasteiger partial charge in [0.2, 0.25) is 0 Å². The second kappa shape index (κ2) is 6.54. The average Bonchev–Trinajstić information content (AvgIpc) is 2.35. The first-order chi connectivity index (χ1) is 8.97. The van der Waals surface area contributed by atoms with Gasteiger partial charge in [-0.3, -0.25) is 4.79 Å². The number of nitrogens with one attached hydrogen (secondary N) is 1. The molecular formula is C14H18BrIN2O. The Kier molecular flexibility index (Phi) is 5.25. The Balaban J connectivity index is 2.06. The van der Waals surface area contributed by atoms with Crippen molar-refractivity contribution in [2.75, 3.05) is 20.1 Å². The molecule has 2 atom stereocenters. The predicted molar refractivity (Wildman–Crippen MR) is 89.4 cm³/mol. The van der Waals surface area contributed by atoms with Crippen LogP contribution in [0.15, 0.2) is 22.7 Å². The molecule has 2 rings (SSSR count). The van der Waals surface area contributed by atoms with E-state index < -0.39 is 0 Å². The largest absolute Gasteiger partial charge is 0.349 e. The van der Waals surface area contributed by atoms with Crippen LogP contribution in [-0.2, 0) is 0 Å². The van der Waals surface area contributed by atoms with Gasteiger partial charge in [0.1, 0.15) is 0 Å². The van der Waals surface area contributed by atoms with Crippen molar-refractivity contribution in [1.29, 1.82) is 0 Å². The van der Waals surface area contributed by atoms with E-state index in [0.717, 1.165) is 33.1 Å². The highest BCUT2D eigenvalue weighted by atomic mass is 127. The molecule has 0 aromatic heterocycles. The van der Waals surface area contributed by atoms with E-state index in [-0.39, 0.29) is 11.9 Å². The molecular weight excluding hydrogens is 419 g/mol. The molecule has 1 fully saturated rings. The van der Waals surface area contributed by atoms with Gasteiger partial charge in [0.05, 0.1) is 5.56 Å². The number of benzene rings is 1. The first-order valence-electron chi connectivity index (χ1n) is 6.42. The van der Waals surface area contributed by atoms with Crippen molar-refractivity contribution < 1.29 is 4.79 Å². The van der Waals surface area contributed by atoms with Gasteiger partial charge in [-0.2, -0.15) is 0 Å². The molecule has 19 heavy (non-hydrogen) atoms. The van der Waals surface area contributed by atoms with Crippen molar-refractivity contribution >= 4 is 44.4 Å². The minimum atomic E-state index is 0.0344. The minimum Gasteiger partial charge on any atom is -0.349 e. The Morgan fingerprint density at radius 3 is 2.95 bits per heavy atom. The van der Waals surface area contributed by atoms with Gasteiger partial charge in [-0.1, -0.05) is 22.9 Å². The number of carbonyl (C=O) groups excluding carboxylic acids is 1. The molecule has 0 bridgehead atoms. The van der Waals surface area contributed by atoms with E-state index in [1.807, 2.05) is 18.2 Å². The summed E-state index contributed by atoms with van der Waals surface area (Å²) < 4.78 is 1.92. The van der Waals surface area contributed by atoms with Crippen LogP contribution in [0.5, 0.6) is 0 Å². The molecule has 0 radical (unpaired) electrons. The summed E-state index contributed by atoms with van der Waals surface area (Å²) in [7, 11) is 2.13. The zero-order valence-electron chi connectivity index (χ0n) is 11.1. The normalized spacial score (nSPS) is 24.2. The zero-order valence-corrected chi connectivity index (χ0v) is 14.9. The molecule has 0 aliphatic carbocycles. The van der Waals surface area contributed by atoms with E-state index >= 15 is 0 Å². The Hall–Kier alpha value is -0.140.